The van der Waals surface area contributed by atoms with Gasteiger partial charge in [-0.15, -0.1) is 10.2 Å². The van der Waals surface area contributed by atoms with Crippen molar-refractivity contribution in [1.82, 2.24) is 10.2 Å². The van der Waals surface area contributed by atoms with E-state index in [1.807, 2.05) is 36.9 Å². The lowest BCUT2D eigenvalue weighted by molar-refractivity contribution is -0.116. The highest BCUT2D eigenvalue weighted by atomic mass is 32.2. The van der Waals surface area contributed by atoms with E-state index in [0.717, 1.165) is 31.9 Å². The molecule has 0 aliphatic carbocycles. The molecular formula is C19H23N3O2S2. The summed E-state index contributed by atoms with van der Waals surface area (Å²) < 4.78 is 6.45. The van der Waals surface area contributed by atoms with Crippen LogP contribution in [0.15, 0.2) is 28.6 Å². The topological polar surface area (TPSA) is 55.3 Å². The number of thioether (sulfide) groups is 1. The molecule has 0 radical (unpaired) electrons. The number of rotatable bonds is 5. The Morgan fingerprint density at radius 1 is 1.31 bits per heavy atom. The molecule has 0 atom stereocenters. The van der Waals surface area contributed by atoms with Gasteiger partial charge in [-0.3, -0.25) is 4.79 Å². The molecule has 0 unspecified atom stereocenters. The molecule has 0 saturated carbocycles. The smallest absolute Gasteiger partial charge is 0.238 e. The van der Waals surface area contributed by atoms with Gasteiger partial charge in [0.2, 0.25) is 5.91 Å². The molecule has 0 bridgehead atoms. The maximum absolute atomic E-state index is 13.1. The third kappa shape index (κ3) is 3.78. The van der Waals surface area contributed by atoms with E-state index < -0.39 is 0 Å². The molecular weight excluding hydrogens is 366 g/mol. The summed E-state index contributed by atoms with van der Waals surface area (Å²) in [5.41, 5.74) is 2.74. The molecule has 0 N–H and O–H groups in total. The zero-order valence-electron chi connectivity index (χ0n) is 15.7. The van der Waals surface area contributed by atoms with Gasteiger partial charge in [-0.25, -0.2) is 0 Å². The number of anilines is 1. The number of carbonyl (C=O) groups excluding carboxylic acids is 1. The lowest BCUT2D eigenvalue weighted by atomic mass is 9.88. The number of hydrogen-bond acceptors (Lipinski definition) is 6. The lowest BCUT2D eigenvalue weighted by Crippen LogP contribution is -2.49. The summed E-state index contributed by atoms with van der Waals surface area (Å²) in [6.07, 6.45) is 2.14. The highest BCUT2D eigenvalue weighted by Gasteiger charge is 2.35. The van der Waals surface area contributed by atoms with Crippen molar-refractivity contribution in [3.05, 3.63) is 34.8 Å². The average molecular weight is 390 g/mol. The normalized spacial score (nSPS) is 15.4. The fourth-order valence-electron chi connectivity index (χ4n) is 3.25. The Hall–Kier alpha value is -1.86. The second-order valence-corrected chi connectivity index (χ2v) is 9.10. The van der Waals surface area contributed by atoms with Crippen molar-refractivity contribution in [2.75, 3.05) is 17.3 Å². The summed E-state index contributed by atoms with van der Waals surface area (Å²) in [5.74, 6) is 1.21. The van der Waals surface area contributed by atoms with Crippen molar-refractivity contribution in [3.63, 3.8) is 0 Å². The van der Waals surface area contributed by atoms with E-state index in [1.54, 1.807) is 0 Å². The van der Waals surface area contributed by atoms with Crippen LogP contribution in [0.4, 0.5) is 5.69 Å². The Morgan fingerprint density at radius 2 is 2.08 bits per heavy atom. The number of fused-ring (bicyclic) bond motifs is 1. The molecule has 1 aliphatic heterocycles. The first-order valence-electron chi connectivity index (χ1n) is 8.54. The van der Waals surface area contributed by atoms with Gasteiger partial charge in [0.25, 0.3) is 0 Å². The van der Waals surface area contributed by atoms with Gasteiger partial charge < -0.3 is 9.64 Å². The fraction of sp³-hybridized carbons (Fsp3) is 0.421. The van der Waals surface area contributed by atoms with Crippen LogP contribution < -0.4 is 9.64 Å². The maximum atomic E-state index is 13.1. The van der Waals surface area contributed by atoms with E-state index in [9.17, 15) is 4.79 Å². The molecule has 0 fully saturated rings. The van der Waals surface area contributed by atoms with Gasteiger partial charge in [0.15, 0.2) is 4.34 Å². The van der Waals surface area contributed by atoms with Crippen LogP contribution in [0.5, 0.6) is 5.75 Å². The summed E-state index contributed by atoms with van der Waals surface area (Å²) in [7, 11) is 0. The van der Waals surface area contributed by atoms with Crippen LogP contribution in [0.1, 0.15) is 38.3 Å². The predicted molar refractivity (Wildman–Crippen MR) is 108 cm³/mol. The molecule has 5 nitrogen and oxygen atoms in total. The van der Waals surface area contributed by atoms with Crippen molar-refractivity contribution in [3.8, 4) is 5.75 Å². The molecule has 0 spiro atoms. The number of carbonyl (C=O) groups is 1. The van der Waals surface area contributed by atoms with E-state index in [2.05, 4.69) is 37.0 Å². The van der Waals surface area contributed by atoms with E-state index in [-0.39, 0.29) is 11.4 Å². The van der Waals surface area contributed by atoms with Gasteiger partial charge in [-0.05, 0) is 58.4 Å². The third-order valence-corrected chi connectivity index (χ3v) is 6.12. The van der Waals surface area contributed by atoms with Crippen LogP contribution in [0.2, 0.25) is 0 Å². The minimum atomic E-state index is -0.390. The third-order valence-electron chi connectivity index (χ3n) is 4.17. The van der Waals surface area contributed by atoms with E-state index in [0.29, 0.717) is 12.4 Å². The number of amides is 1. The first kappa shape index (κ1) is 18.9. The molecule has 2 aromatic rings. The van der Waals surface area contributed by atoms with Crippen LogP contribution in [-0.4, -0.2) is 34.0 Å². The molecule has 7 heteroatoms. The molecule has 1 aliphatic rings. The number of aromatic nitrogens is 2. The molecule has 2 heterocycles. The number of benzene rings is 1. The highest BCUT2D eigenvalue weighted by molar-refractivity contribution is 8.01. The second-order valence-electron chi connectivity index (χ2n) is 6.70. The Bertz CT molecular complexity index is 858. The zero-order valence-corrected chi connectivity index (χ0v) is 17.3. The fourth-order valence-corrected chi connectivity index (χ4v) is 4.91. The standard InChI is InChI=1S/C19H23N3O2S2/c1-6-24-14-7-8-16-15(9-14)12(2)10-19(4,5)22(16)17(23)11-25-18-21-20-13(3)26-18/h7-10H,6,11H2,1-5H3. The number of aryl methyl sites for hydroxylation is 1. The summed E-state index contributed by atoms with van der Waals surface area (Å²) >= 11 is 2.95. The van der Waals surface area contributed by atoms with Crippen molar-refractivity contribution in [1.29, 1.82) is 0 Å². The second kappa shape index (κ2) is 7.40. The molecule has 0 saturated heterocycles. The van der Waals surface area contributed by atoms with Crippen molar-refractivity contribution < 1.29 is 9.53 Å². The first-order chi connectivity index (χ1) is 12.3. The number of hydrogen-bond donors (Lipinski definition) is 0. The van der Waals surface area contributed by atoms with Gasteiger partial charge in [-0.1, -0.05) is 29.2 Å². The Kier molecular flexibility index (Phi) is 5.39. The van der Waals surface area contributed by atoms with E-state index >= 15 is 0 Å². The monoisotopic (exact) mass is 389 g/mol. The van der Waals surface area contributed by atoms with Gasteiger partial charge >= 0.3 is 0 Å². The Morgan fingerprint density at radius 3 is 2.73 bits per heavy atom. The predicted octanol–water partition coefficient (Wildman–Crippen LogP) is 4.57. The average Bonchev–Trinajstić information content (AvgIpc) is 2.98. The largest absolute Gasteiger partial charge is 0.494 e. The van der Waals surface area contributed by atoms with Gasteiger partial charge in [0.05, 0.1) is 23.6 Å². The maximum Gasteiger partial charge on any atom is 0.238 e. The molecule has 138 valence electrons. The molecule has 26 heavy (non-hydrogen) atoms. The molecule has 3 rings (SSSR count). The molecule has 1 amide bonds. The van der Waals surface area contributed by atoms with Crippen molar-refractivity contribution in [2.45, 2.75) is 44.5 Å². The van der Waals surface area contributed by atoms with Crippen LogP contribution in [-0.2, 0) is 4.79 Å². The summed E-state index contributed by atoms with van der Waals surface area (Å²) in [6, 6.07) is 5.93. The Labute approximate surface area is 162 Å². The minimum absolute atomic E-state index is 0.0574. The number of allylic oxidation sites excluding steroid dienone is 1. The van der Waals surface area contributed by atoms with Crippen LogP contribution in [0, 0.1) is 6.92 Å². The minimum Gasteiger partial charge on any atom is -0.494 e. The quantitative estimate of drug-likeness (QED) is 0.701. The number of nitrogens with zero attached hydrogens (tertiary/aromatic N) is 3. The van der Waals surface area contributed by atoms with Crippen LogP contribution >= 0.6 is 23.1 Å². The lowest BCUT2D eigenvalue weighted by Gasteiger charge is -2.41. The van der Waals surface area contributed by atoms with Gasteiger partial charge in [0, 0.05) is 5.56 Å². The zero-order chi connectivity index (χ0) is 18.9. The highest BCUT2D eigenvalue weighted by Crippen LogP contribution is 2.41. The van der Waals surface area contributed by atoms with Crippen LogP contribution in [0.3, 0.4) is 0 Å². The summed E-state index contributed by atoms with van der Waals surface area (Å²) in [6.45, 7) is 10.7. The summed E-state index contributed by atoms with van der Waals surface area (Å²) in [4.78, 5) is 15.0. The summed E-state index contributed by atoms with van der Waals surface area (Å²) in [5, 5.41) is 9.01. The van der Waals surface area contributed by atoms with E-state index in [4.69, 9.17) is 4.74 Å². The van der Waals surface area contributed by atoms with Crippen LogP contribution in [0.25, 0.3) is 5.57 Å². The number of ether oxygens (including phenoxy) is 1. The Balaban J connectivity index is 1.89. The van der Waals surface area contributed by atoms with Crippen molar-refractivity contribution in [2.24, 2.45) is 0 Å². The van der Waals surface area contributed by atoms with Gasteiger partial charge in [-0.2, -0.15) is 0 Å². The van der Waals surface area contributed by atoms with E-state index in [1.165, 1.54) is 23.1 Å². The first-order valence-corrected chi connectivity index (χ1v) is 10.3. The molecule has 1 aromatic carbocycles. The van der Waals surface area contributed by atoms with Gasteiger partial charge in [0.1, 0.15) is 10.8 Å². The van der Waals surface area contributed by atoms with Crippen molar-refractivity contribution >= 4 is 40.3 Å². The SMILES string of the molecule is CCOc1ccc2c(c1)C(C)=CC(C)(C)N2C(=O)CSc1nnc(C)s1. The molecule has 1 aromatic heterocycles.